The van der Waals surface area contributed by atoms with E-state index in [0.29, 0.717) is 6.61 Å². The van der Waals surface area contributed by atoms with Crippen molar-refractivity contribution in [3.63, 3.8) is 0 Å². The lowest BCUT2D eigenvalue weighted by Gasteiger charge is -2.02. The van der Waals surface area contributed by atoms with E-state index in [9.17, 15) is 0 Å². The number of ether oxygens (including phenoxy) is 1. The molecule has 0 aliphatic rings. The van der Waals surface area contributed by atoms with E-state index in [2.05, 4.69) is 11.7 Å². The zero-order valence-corrected chi connectivity index (χ0v) is 6.27. The lowest BCUT2D eigenvalue weighted by molar-refractivity contribution is 0.227. The molecule has 2 heteroatoms. The molecule has 0 N–H and O–H groups in total. The Hall–Kier alpha value is -0.790. The van der Waals surface area contributed by atoms with Gasteiger partial charge in [0, 0.05) is 0 Å². The monoisotopic (exact) mass is 127 g/mol. The van der Waals surface area contributed by atoms with E-state index in [1.807, 2.05) is 20.8 Å². The van der Waals surface area contributed by atoms with Gasteiger partial charge in [-0.25, -0.2) is 0 Å². The number of nitrogens with zero attached hydrogens (tertiary/aromatic N) is 1. The molecule has 2 nitrogen and oxygen atoms in total. The van der Waals surface area contributed by atoms with E-state index in [1.165, 1.54) is 0 Å². The van der Waals surface area contributed by atoms with Gasteiger partial charge in [0.1, 0.15) is 5.76 Å². The first-order valence-corrected chi connectivity index (χ1v) is 2.99. The van der Waals surface area contributed by atoms with Crippen LogP contribution >= 0.6 is 0 Å². The molecule has 0 aliphatic carbocycles. The van der Waals surface area contributed by atoms with Crippen LogP contribution < -0.4 is 0 Å². The fraction of sp³-hybridized carbons (Fsp3) is 0.571. The molecule has 52 valence electrons. The second-order valence-corrected chi connectivity index (χ2v) is 1.73. The van der Waals surface area contributed by atoms with Crippen molar-refractivity contribution in [2.24, 2.45) is 4.99 Å². The summed E-state index contributed by atoms with van der Waals surface area (Å²) < 4.78 is 5.14. The highest BCUT2D eigenvalue weighted by Gasteiger charge is 1.90. The smallest absolute Gasteiger partial charge is 0.114 e. The zero-order valence-electron chi connectivity index (χ0n) is 6.27. The van der Waals surface area contributed by atoms with Gasteiger partial charge in [0.05, 0.1) is 12.3 Å². The largest absolute Gasteiger partial charge is 0.497 e. The first kappa shape index (κ1) is 8.21. The van der Waals surface area contributed by atoms with Crippen LogP contribution in [0.4, 0.5) is 0 Å². The number of hydrogen-bond acceptors (Lipinski definition) is 2. The summed E-state index contributed by atoms with van der Waals surface area (Å²) in [4.78, 5) is 3.71. The Bertz CT molecular complexity index is 127. The van der Waals surface area contributed by atoms with Crippen LogP contribution in [0.25, 0.3) is 0 Å². The predicted octanol–water partition coefficient (Wildman–Crippen LogP) is 1.97. The maximum absolute atomic E-state index is 5.14. The molecule has 0 radical (unpaired) electrons. The van der Waals surface area contributed by atoms with Gasteiger partial charge in [-0.1, -0.05) is 0 Å². The van der Waals surface area contributed by atoms with Crippen LogP contribution in [0, 0.1) is 0 Å². The van der Waals surface area contributed by atoms with Gasteiger partial charge in [0.25, 0.3) is 0 Å². The van der Waals surface area contributed by atoms with Crippen molar-refractivity contribution in [2.45, 2.75) is 20.8 Å². The molecule has 0 unspecified atom stereocenters. The standard InChI is InChI=1S/C7H13NO/c1-5-9-7(3)6(2)8-4/h4-5H2,1-3H3/b7-6-. The molecule has 0 atom stereocenters. The summed E-state index contributed by atoms with van der Waals surface area (Å²) in [5, 5.41) is 0. The lowest BCUT2D eigenvalue weighted by Crippen LogP contribution is -1.88. The summed E-state index contributed by atoms with van der Waals surface area (Å²) in [7, 11) is 0. The topological polar surface area (TPSA) is 21.6 Å². The van der Waals surface area contributed by atoms with E-state index in [1.54, 1.807) is 0 Å². The van der Waals surface area contributed by atoms with Crippen LogP contribution in [0.5, 0.6) is 0 Å². The van der Waals surface area contributed by atoms with Crippen LogP contribution in [-0.2, 0) is 4.74 Å². The normalized spacial score (nSPS) is 12.3. The van der Waals surface area contributed by atoms with Crippen LogP contribution in [-0.4, -0.2) is 13.3 Å². The van der Waals surface area contributed by atoms with E-state index in [0.717, 1.165) is 11.5 Å². The summed E-state index contributed by atoms with van der Waals surface area (Å²) >= 11 is 0. The van der Waals surface area contributed by atoms with Crippen molar-refractivity contribution in [1.82, 2.24) is 0 Å². The highest BCUT2D eigenvalue weighted by atomic mass is 16.5. The van der Waals surface area contributed by atoms with Gasteiger partial charge in [-0.2, -0.15) is 0 Å². The quantitative estimate of drug-likeness (QED) is 0.419. The van der Waals surface area contributed by atoms with Gasteiger partial charge >= 0.3 is 0 Å². The Kier molecular flexibility index (Phi) is 3.76. The van der Waals surface area contributed by atoms with Crippen molar-refractivity contribution in [1.29, 1.82) is 0 Å². The Morgan fingerprint density at radius 1 is 1.56 bits per heavy atom. The molecule has 0 aromatic rings. The summed E-state index contributed by atoms with van der Waals surface area (Å²) in [5.74, 6) is 0.854. The predicted molar refractivity (Wildman–Crippen MR) is 39.5 cm³/mol. The molecule has 9 heavy (non-hydrogen) atoms. The van der Waals surface area contributed by atoms with E-state index in [4.69, 9.17) is 4.74 Å². The highest BCUT2D eigenvalue weighted by Crippen LogP contribution is 2.03. The molecule has 0 spiro atoms. The summed E-state index contributed by atoms with van der Waals surface area (Å²) in [6, 6.07) is 0. The third-order valence-electron chi connectivity index (χ3n) is 1.11. The molecule has 0 aromatic carbocycles. The minimum Gasteiger partial charge on any atom is -0.497 e. The number of hydrogen-bond donors (Lipinski definition) is 0. The number of rotatable bonds is 3. The second-order valence-electron chi connectivity index (χ2n) is 1.73. The van der Waals surface area contributed by atoms with Gasteiger partial charge in [-0.3, -0.25) is 4.99 Å². The van der Waals surface area contributed by atoms with Crippen molar-refractivity contribution in [3.05, 3.63) is 11.5 Å². The number of allylic oxidation sites excluding steroid dienone is 2. The molecule has 0 bridgehead atoms. The van der Waals surface area contributed by atoms with E-state index in [-0.39, 0.29) is 0 Å². The molecule has 0 heterocycles. The van der Waals surface area contributed by atoms with Crippen LogP contribution in [0.15, 0.2) is 16.4 Å². The van der Waals surface area contributed by atoms with Crippen molar-refractivity contribution in [2.75, 3.05) is 6.61 Å². The lowest BCUT2D eigenvalue weighted by atomic mass is 10.4. The van der Waals surface area contributed by atoms with E-state index < -0.39 is 0 Å². The fourth-order valence-corrected chi connectivity index (χ4v) is 0.432. The summed E-state index contributed by atoms with van der Waals surface area (Å²) in [6.45, 7) is 9.77. The van der Waals surface area contributed by atoms with Gasteiger partial charge < -0.3 is 4.74 Å². The molecule has 0 saturated heterocycles. The molecule has 0 rings (SSSR count). The van der Waals surface area contributed by atoms with Crippen molar-refractivity contribution >= 4 is 6.72 Å². The molecular weight excluding hydrogens is 114 g/mol. The maximum Gasteiger partial charge on any atom is 0.114 e. The van der Waals surface area contributed by atoms with Crippen molar-refractivity contribution in [3.8, 4) is 0 Å². The third-order valence-corrected chi connectivity index (χ3v) is 1.11. The Labute approximate surface area is 56.2 Å². The third kappa shape index (κ3) is 2.90. The highest BCUT2D eigenvalue weighted by molar-refractivity contribution is 5.28. The SMILES string of the molecule is C=N/C(C)=C(/C)OCC. The first-order chi connectivity index (χ1) is 4.22. The van der Waals surface area contributed by atoms with Crippen LogP contribution in [0.2, 0.25) is 0 Å². The minimum absolute atomic E-state index is 0.693. The van der Waals surface area contributed by atoms with E-state index >= 15 is 0 Å². The molecule has 0 aliphatic heterocycles. The van der Waals surface area contributed by atoms with Gasteiger partial charge in [0.15, 0.2) is 0 Å². The average molecular weight is 127 g/mol. The fourth-order valence-electron chi connectivity index (χ4n) is 0.432. The zero-order chi connectivity index (χ0) is 7.28. The molecule has 0 aromatic heterocycles. The molecule has 0 fully saturated rings. The molecule has 0 saturated carbocycles. The summed E-state index contributed by atoms with van der Waals surface area (Å²) in [6.07, 6.45) is 0. The number of aliphatic imine (C=N–C) groups is 1. The summed E-state index contributed by atoms with van der Waals surface area (Å²) in [5.41, 5.74) is 0.858. The van der Waals surface area contributed by atoms with Crippen LogP contribution in [0.3, 0.4) is 0 Å². The van der Waals surface area contributed by atoms with Crippen molar-refractivity contribution < 1.29 is 4.74 Å². The average Bonchev–Trinajstić information content (AvgIpc) is 1.87. The van der Waals surface area contributed by atoms with Gasteiger partial charge in [-0.15, -0.1) is 0 Å². The van der Waals surface area contributed by atoms with Crippen LogP contribution in [0.1, 0.15) is 20.8 Å². The first-order valence-electron chi connectivity index (χ1n) is 2.99. The minimum atomic E-state index is 0.693. The van der Waals surface area contributed by atoms with Gasteiger partial charge in [-0.05, 0) is 27.5 Å². The Morgan fingerprint density at radius 3 is 2.44 bits per heavy atom. The maximum atomic E-state index is 5.14. The molecular formula is C7H13NO. The molecule has 0 amide bonds. The van der Waals surface area contributed by atoms with Gasteiger partial charge in [0.2, 0.25) is 0 Å². The Morgan fingerprint density at radius 2 is 2.11 bits per heavy atom. The Balaban J connectivity index is 3.93. The second kappa shape index (κ2) is 4.13.